The highest BCUT2D eigenvalue weighted by Crippen LogP contribution is 2.06. The molecule has 2 N–H and O–H groups in total. The van der Waals surface area contributed by atoms with Crippen LogP contribution in [0.3, 0.4) is 0 Å². The number of nitrogens with zero attached hydrogens (tertiary/aromatic N) is 2. The third-order valence-corrected chi connectivity index (χ3v) is 1.81. The first-order valence-electron chi connectivity index (χ1n) is 5.57. The van der Waals surface area contributed by atoms with Gasteiger partial charge in [0.05, 0.1) is 0 Å². The molecule has 1 aromatic rings. The van der Waals surface area contributed by atoms with Gasteiger partial charge in [0.1, 0.15) is 11.4 Å². The molecular weight excluding hydrogens is 220 g/mol. The summed E-state index contributed by atoms with van der Waals surface area (Å²) in [6.45, 7) is 6.60. The minimum absolute atomic E-state index is 0.402. The Kier molecular flexibility index (Phi) is 4.37. The van der Waals surface area contributed by atoms with E-state index in [1.54, 1.807) is 4.68 Å². The van der Waals surface area contributed by atoms with Crippen LogP contribution in [0.15, 0.2) is 12.3 Å². The molecule has 0 aliphatic heterocycles. The molecule has 0 saturated carbocycles. The van der Waals surface area contributed by atoms with Crippen LogP contribution in [0, 0.1) is 0 Å². The topological polar surface area (TPSA) is 68.2 Å². The number of carbonyl (C=O) groups is 1. The van der Waals surface area contributed by atoms with Crippen molar-refractivity contribution in [3.8, 4) is 0 Å². The molecule has 0 aliphatic rings. The van der Waals surface area contributed by atoms with Gasteiger partial charge in [0, 0.05) is 32.4 Å². The molecule has 0 spiro atoms. The van der Waals surface area contributed by atoms with Crippen LogP contribution < -0.4 is 10.6 Å². The zero-order valence-corrected chi connectivity index (χ0v) is 10.8. The van der Waals surface area contributed by atoms with Crippen LogP contribution in [-0.4, -0.2) is 34.6 Å². The molecule has 1 heterocycles. The third kappa shape index (κ3) is 5.79. The standard InChI is InChI=1S/C11H20N4O2/c1-11(2,3)17-10(16)13-7-6-12-9-5-8-15(4)14-9/h5,8H,6-7H2,1-4H3,(H,12,14)(H,13,16). The van der Waals surface area contributed by atoms with Crippen LogP contribution in [0.5, 0.6) is 0 Å². The number of amides is 1. The second-order valence-electron chi connectivity index (χ2n) is 4.73. The number of hydrogen-bond donors (Lipinski definition) is 2. The number of nitrogens with one attached hydrogen (secondary N) is 2. The SMILES string of the molecule is Cn1ccc(NCCNC(=O)OC(C)(C)C)n1. The number of hydrogen-bond acceptors (Lipinski definition) is 4. The van der Waals surface area contributed by atoms with Gasteiger partial charge < -0.3 is 15.4 Å². The highest BCUT2D eigenvalue weighted by atomic mass is 16.6. The lowest BCUT2D eigenvalue weighted by atomic mass is 10.2. The van der Waals surface area contributed by atoms with E-state index in [0.717, 1.165) is 5.82 Å². The van der Waals surface area contributed by atoms with Crippen molar-refractivity contribution in [2.75, 3.05) is 18.4 Å². The fourth-order valence-electron chi connectivity index (χ4n) is 1.18. The van der Waals surface area contributed by atoms with Crippen LogP contribution in [0.2, 0.25) is 0 Å². The number of anilines is 1. The van der Waals surface area contributed by atoms with Crippen molar-refractivity contribution in [3.05, 3.63) is 12.3 Å². The zero-order valence-electron chi connectivity index (χ0n) is 10.8. The van der Waals surface area contributed by atoms with Crippen LogP contribution in [0.1, 0.15) is 20.8 Å². The molecule has 0 saturated heterocycles. The summed E-state index contributed by atoms with van der Waals surface area (Å²) < 4.78 is 6.81. The molecule has 0 unspecified atom stereocenters. The van der Waals surface area contributed by atoms with E-state index in [1.165, 1.54) is 0 Å². The monoisotopic (exact) mass is 240 g/mol. The van der Waals surface area contributed by atoms with Gasteiger partial charge in [-0.15, -0.1) is 0 Å². The molecule has 0 bridgehead atoms. The number of ether oxygens (including phenoxy) is 1. The predicted molar refractivity (Wildman–Crippen MR) is 65.9 cm³/mol. The Morgan fingerprint density at radius 3 is 2.71 bits per heavy atom. The van der Waals surface area contributed by atoms with Gasteiger partial charge in [-0.1, -0.05) is 0 Å². The number of carbonyl (C=O) groups excluding carboxylic acids is 1. The van der Waals surface area contributed by atoms with Crippen molar-refractivity contribution in [1.29, 1.82) is 0 Å². The minimum atomic E-state index is -0.460. The van der Waals surface area contributed by atoms with E-state index in [-0.39, 0.29) is 0 Å². The molecule has 0 radical (unpaired) electrons. The van der Waals surface area contributed by atoms with Crippen molar-refractivity contribution in [3.63, 3.8) is 0 Å². The van der Waals surface area contributed by atoms with Gasteiger partial charge in [0.15, 0.2) is 0 Å². The zero-order chi connectivity index (χ0) is 12.9. The summed E-state index contributed by atoms with van der Waals surface area (Å²) in [6.07, 6.45) is 1.45. The van der Waals surface area contributed by atoms with Crippen molar-refractivity contribution < 1.29 is 9.53 Å². The largest absolute Gasteiger partial charge is 0.444 e. The van der Waals surface area contributed by atoms with Gasteiger partial charge in [-0.25, -0.2) is 4.79 Å². The van der Waals surface area contributed by atoms with E-state index < -0.39 is 11.7 Å². The molecule has 17 heavy (non-hydrogen) atoms. The maximum atomic E-state index is 11.3. The van der Waals surface area contributed by atoms with Crippen LogP contribution in [0.4, 0.5) is 10.6 Å². The van der Waals surface area contributed by atoms with Crippen LogP contribution >= 0.6 is 0 Å². The van der Waals surface area contributed by atoms with E-state index in [4.69, 9.17) is 4.74 Å². The Morgan fingerprint density at radius 2 is 2.18 bits per heavy atom. The Balaban J connectivity index is 2.14. The lowest BCUT2D eigenvalue weighted by Gasteiger charge is -2.19. The summed E-state index contributed by atoms with van der Waals surface area (Å²) in [5.41, 5.74) is -0.460. The van der Waals surface area contributed by atoms with E-state index in [1.807, 2.05) is 40.1 Å². The molecule has 0 fully saturated rings. The van der Waals surface area contributed by atoms with Crippen LogP contribution in [0.25, 0.3) is 0 Å². The van der Waals surface area contributed by atoms with Gasteiger partial charge >= 0.3 is 6.09 Å². The van der Waals surface area contributed by atoms with Crippen molar-refractivity contribution in [2.24, 2.45) is 7.05 Å². The van der Waals surface area contributed by atoms with Crippen molar-refractivity contribution >= 4 is 11.9 Å². The summed E-state index contributed by atoms with van der Waals surface area (Å²) >= 11 is 0. The number of aromatic nitrogens is 2. The first kappa shape index (κ1) is 13.3. The Morgan fingerprint density at radius 1 is 1.47 bits per heavy atom. The quantitative estimate of drug-likeness (QED) is 0.780. The first-order chi connectivity index (χ1) is 7.87. The molecule has 0 aromatic carbocycles. The highest BCUT2D eigenvalue weighted by Gasteiger charge is 2.15. The highest BCUT2D eigenvalue weighted by molar-refractivity contribution is 5.67. The summed E-state index contributed by atoms with van der Waals surface area (Å²) in [7, 11) is 1.85. The third-order valence-electron chi connectivity index (χ3n) is 1.81. The summed E-state index contributed by atoms with van der Waals surface area (Å²) in [4.78, 5) is 11.3. The summed E-state index contributed by atoms with van der Waals surface area (Å²) in [5.74, 6) is 0.790. The van der Waals surface area contributed by atoms with Gasteiger partial charge in [0.2, 0.25) is 0 Å². The number of alkyl carbamates (subject to hydrolysis) is 1. The molecule has 1 aromatic heterocycles. The molecule has 0 aliphatic carbocycles. The van der Waals surface area contributed by atoms with Gasteiger partial charge in [-0.2, -0.15) is 5.10 Å². The second kappa shape index (κ2) is 5.56. The molecule has 6 heteroatoms. The van der Waals surface area contributed by atoms with Gasteiger partial charge in [-0.05, 0) is 20.8 Å². The second-order valence-corrected chi connectivity index (χ2v) is 4.73. The lowest BCUT2D eigenvalue weighted by Crippen LogP contribution is -2.35. The van der Waals surface area contributed by atoms with Gasteiger partial charge in [0.25, 0.3) is 0 Å². The predicted octanol–water partition coefficient (Wildman–Crippen LogP) is 1.36. The summed E-state index contributed by atoms with van der Waals surface area (Å²) in [5, 5.41) is 9.89. The fraction of sp³-hybridized carbons (Fsp3) is 0.636. The molecule has 1 rings (SSSR count). The number of aryl methyl sites for hydroxylation is 1. The molecule has 6 nitrogen and oxygen atoms in total. The normalized spacial score (nSPS) is 11.1. The van der Waals surface area contributed by atoms with Crippen molar-refractivity contribution in [2.45, 2.75) is 26.4 Å². The van der Waals surface area contributed by atoms with E-state index in [0.29, 0.717) is 13.1 Å². The Labute approximate surface area is 101 Å². The minimum Gasteiger partial charge on any atom is -0.444 e. The van der Waals surface area contributed by atoms with E-state index >= 15 is 0 Å². The summed E-state index contributed by atoms with van der Waals surface area (Å²) in [6, 6.07) is 1.87. The van der Waals surface area contributed by atoms with E-state index in [2.05, 4.69) is 15.7 Å². The smallest absolute Gasteiger partial charge is 0.407 e. The molecular formula is C11H20N4O2. The Hall–Kier alpha value is -1.72. The van der Waals surface area contributed by atoms with Crippen LogP contribution in [-0.2, 0) is 11.8 Å². The lowest BCUT2D eigenvalue weighted by molar-refractivity contribution is 0.0530. The molecule has 96 valence electrons. The number of rotatable bonds is 4. The maximum absolute atomic E-state index is 11.3. The van der Waals surface area contributed by atoms with Gasteiger partial charge in [-0.3, -0.25) is 4.68 Å². The first-order valence-corrected chi connectivity index (χ1v) is 5.57. The van der Waals surface area contributed by atoms with E-state index in [9.17, 15) is 4.79 Å². The molecule has 1 amide bonds. The Bertz CT molecular complexity index is 368. The average Bonchev–Trinajstić information content (AvgIpc) is 2.56. The average molecular weight is 240 g/mol. The van der Waals surface area contributed by atoms with Crippen molar-refractivity contribution in [1.82, 2.24) is 15.1 Å². The maximum Gasteiger partial charge on any atom is 0.407 e. The fourth-order valence-corrected chi connectivity index (χ4v) is 1.18. The molecule has 0 atom stereocenters.